The highest BCUT2D eigenvalue weighted by atomic mass is 32.1. The number of rotatable bonds is 6. The Hall–Kier alpha value is -2.97. The lowest BCUT2D eigenvalue weighted by molar-refractivity contribution is -0.149. The van der Waals surface area contributed by atoms with Gasteiger partial charge in [0, 0.05) is 29.4 Å². The number of carbonyl (C=O) groups excluding carboxylic acids is 1. The number of thiazole rings is 1. The number of pyridine rings is 1. The van der Waals surface area contributed by atoms with Crippen molar-refractivity contribution in [3.8, 4) is 17.2 Å². The van der Waals surface area contributed by atoms with Crippen LogP contribution in [0.25, 0.3) is 0 Å². The van der Waals surface area contributed by atoms with Gasteiger partial charge in [-0.3, -0.25) is 9.78 Å². The van der Waals surface area contributed by atoms with E-state index >= 15 is 0 Å². The summed E-state index contributed by atoms with van der Waals surface area (Å²) < 4.78 is 16.9. The van der Waals surface area contributed by atoms with E-state index in [1.54, 1.807) is 41.8 Å². The van der Waals surface area contributed by atoms with Crippen LogP contribution in [0.15, 0.2) is 48.1 Å². The molecule has 0 saturated carbocycles. The van der Waals surface area contributed by atoms with Crippen LogP contribution in [0.2, 0.25) is 0 Å². The lowest BCUT2D eigenvalue weighted by atomic mass is 10.1. The van der Waals surface area contributed by atoms with Crippen molar-refractivity contribution in [3.63, 3.8) is 0 Å². The zero-order valence-electron chi connectivity index (χ0n) is 16.2. The summed E-state index contributed by atoms with van der Waals surface area (Å²) in [4.78, 5) is 23.2. The summed E-state index contributed by atoms with van der Waals surface area (Å²) in [6.45, 7) is 2.81. The Kier molecular flexibility index (Phi) is 5.73. The van der Waals surface area contributed by atoms with Gasteiger partial charge in [0.05, 0.1) is 37.0 Å². The molecule has 29 heavy (non-hydrogen) atoms. The first-order valence-electron chi connectivity index (χ1n) is 9.18. The molecule has 7 nitrogen and oxygen atoms in total. The molecule has 4 rings (SSSR count). The van der Waals surface area contributed by atoms with Crippen LogP contribution in [0.5, 0.6) is 17.2 Å². The van der Waals surface area contributed by atoms with Gasteiger partial charge in [0.2, 0.25) is 5.91 Å². The highest BCUT2D eigenvalue weighted by molar-refractivity contribution is 7.09. The molecule has 1 unspecified atom stereocenters. The van der Waals surface area contributed by atoms with Crippen molar-refractivity contribution in [3.05, 3.63) is 64.4 Å². The second-order valence-corrected chi connectivity index (χ2v) is 7.67. The average Bonchev–Trinajstić information content (AvgIpc) is 3.15. The predicted molar refractivity (Wildman–Crippen MR) is 108 cm³/mol. The molecule has 1 aliphatic heterocycles. The van der Waals surface area contributed by atoms with Crippen molar-refractivity contribution in [2.75, 3.05) is 20.3 Å². The van der Waals surface area contributed by atoms with E-state index in [9.17, 15) is 4.79 Å². The lowest BCUT2D eigenvalue weighted by Gasteiger charge is -2.35. The largest absolute Gasteiger partial charge is 0.497 e. The smallest absolute Gasteiger partial charge is 0.249 e. The molecule has 0 bridgehead atoms. The van der Waals surface area contributed by atoms with Gasteiger partial charge in [0.1, 0.15) is 23.9 Å². The molecule has 0 radical (unpaired) electrons. The highest BCUT2D eigenvalue weighted by Crippen LogP contribution is 2.35. The molecule has 150 valence electrons. The molecule has 0 aliphatic carbocycles. The van der Waals surface area contributed by atoms with E-state index in [-0.39, 0.29) is 18.6 Å². The first-order valence-corrected chi connectivity index (χ1v) is 10.1. The number of benzene rings is 1. The number of morpholine rings is 1. The Bertz CT molecular complexity index is 1010. The summed E-state index contributed by atoms with van der Waals surface area (Å²) >= 11 is 1.57. The highest BCUT2D eigenvalue weighted by Gasteiger charge is 2.32. The molecular weight excluding hydrogens is 390 g/mol. The molecule has 1 atom stereocenters. The number of ether oxygens (including phenoxy) is 3. The van der Waals surface area contributed by atoms with Gasteiger partial charge in [-0.05, 0) is 25.1 Å². The van der Waals surface area contributed by atoms with Crippen LogP contribution in [0, 0.1) is 6.92 Å². The van der Waals surface area contributed by atoms with Gasteiger partial charge in [0.15, 0.2) is 0 Å². The van der Waals surface area contributed by atoms with Crippen molar-refractivity contribution >= 4 is 17.2 Å². The molecule has 3 aromatic rings. The Morgan fingerprint density at radius 3 is 2.97 bits per heavy atom. The van der Waals surface area contributed by atoms with E-state index in [4.69, 9.17) is 14.2 Å². The third-order valence-electron chi connectivity index (χ3n) is 4.63. The minimum Gasteiger partial charge on any atom is -0.497 e. The van der Waals surface area contributed by atoms with Crippen LogP contribution >= 0.6 is 11.3 Å². The number of methoxy groups -OCH3 is 1. The predicted octanol–water partition coefficient (Wildman–Crippen LogP) is 3.75. The van der Waals surface area contributed by atoms with E-state index in [0.29, 0.717) is 30.4 Å². The van der Waals surface area contributed by atoms with E-state index in [1.165, 1.54) is 0 Å². The molecule has 1 aliphatic rings. The molecule has 1 fully saturated rings. The lowest BCUT2D eigenvalue weighted by Crippen LogP contribution is -2.43. The zero-order valence-corrected chi connectivity index (χ0v) is 17.0. The van der Waals surface area contributed by atoms with E-state index in [1.807, 2.05) is 36.6 Å². The Morgan fingerprint density at radius 1 is 1.31 bits per heavy atom. The summed E-state index contributed by atoms with van der Waals surface area (Å²) in [5.74, 6) is 1.88. The van der Waals surface area contributed by atoms with Crippen LogP contribution in [0.4, 0.5) is 0 Å². The van der Waals surface area contributed by atoms with Gasteiger partial charge in [0.25, 0.3) is 0 Å². The van der Waals surface area contributed by atoms with Gasteiger partial charge in [-0.1, -0.05) is 6.07 Å². The molecule has 8 heteroatoms. The second-order valence-electron chi connectivity index (χ2n) is 6.60. The van der Waals surface area contributed by atoms with Crippen molar-refractivity contribution < 1.29 is 19.0 Å². The Balaban J connectivity index is 1.64. The number of nitrogens with zero attached hydrogens (tertiary/aromatic N) is 3. The fraction of sp³-hybridized carbons (Fsp3) is 0.286. The topological polar surface area (TPSA) is 73.8 Å². The van der Waals surface area contributed by atoms with Crippen LogP contribution in [-0.2, 0) is 16.1 Å². The van der Waals surface area contributed by atoms with Crippen LogP contribution < -0.4 is 9.47 Å². The summed E-state index contributed by atoms with van der Waals surface area (Å²) in [6, 6.07) is 8.85. The standard InChI is InChI=1S/C21H21N3O4S/c1-14-23-15(13-29-14)10-24-19(11-27-12-21(24)25)18-9-22-7-6-20(18)28-17-5-3-4-16(8-17)26-2/h3-9,13,19H,10-12H2,1-2H3. The molecule has 1 aromatic carbocycles. The average molecular weight is 411 g/mol. The van der Waals surface area contributed by atoms with Gasteiger partial charge in [-0.15, -0.1) is 11.3 Å². The van der Waals surface area contributed by atoms with Crippen LogP contribution in [0.1, 0.15) is 22.3 Å². The number of hydrogen-bond acceptors (Lipinski definition) is 7. The summed E-state index contributed by atoms with van der Waals surface area (Å²) in [7, 11) is 1.61. The first kappa shape index (κ1) is 19.4. The third kappa shape index (κ3) is 4.38. The maximum absolute atomic E-state index is 12.6. The van der Waals surface area contributed by atoms with Crippen molar-refractivity contribution in [1.29, 1.82) is 0 Å². The quantitative estimate of drug-likeness (QED) is 0.615. The first-order chi connectivity index (χ1) is 14.1. The number of hydrogen-bond donors (Lipinski definition) is 0. The summed E-state index contributed by atoms with van der Waals surface area (Å²) in [5, 5.41) is 2.95. The van der Waals surface area contributed by atoms with Crippen LogP contribution in [-0.4, -0.2) is 41.1 Å². The molecule has 1 amide bonds. The fourth-order valence-electron chi connectivity index (χ4n) is 3.24. The van der Waals surface area contributed by atoms with E-state index in [0.717, 1.165) is 16.3 Å². The minimum atomic E-state index is -0.312. The Labute approximate surface area is 172 Å². The minimum absolute atomic E-state index is 0.0615. The monoisotopic (exact) mass is 411 g/mol. The van der Waals surface area contributed by atoms with Crippen molar-refractivity contribution in [1.82, 2.24) is 14.9 Å². The molecular formula is C21H21N3O4S. The fourth-order valence-corrected chi connectivity index (χ4v) is 3.85. The number of amides is 1. The van der Waals surface area contributed by atoms with E-state index < -0.39 is 0 Å². The number of carbonyl (C=O) groups is 1. The number of aryl methyl sites for hydroxylation is 1. The number of aromatic nitrogens is 2. The van der Waals surface area contributed by atoms with Gasteiger partial charge in [-0.25, -0.2) is 4.98 Å². The van der Waals surface area contributed by atoms with Crippen LogP contribution in [0.3, 0.4) is 0 Å². The molecule has 1 saturated heterocycles. The molecule has 3 heterocycles. The maximum Gasteiger partial charge on any atom is 0.249 e. The van der Waals surface area contributed by atoms with Gasteiger partial charge < -0.3 is 19.1 Å². The van der Waals surface area contributed by atoms with Crippen molar-refractivity contribution in [2.45, 2.75) is 19.5 Å². The molecule has 2 aromatic heterocycles. The van der Waals surface area contributed by atoms with Crippen molar-refractivity contribution in [2.24, 2.45) is 0 Å². The summed E-state index contributed by atoms with van der Waals surface area (Å²) in [6.07, 6.45) is 3.39. The van der Waals surface area contributed by atoms with Gasteiger partial charge >= 0.3 is 0 Å². The second kappa shape index (κ2) is 8.59. The molecule has 0 spiro atoms. The maximum atomic E-state index is 12.6. The molecule has 0 N–H and O–H groups in total. The third-order valence-corrected chi connectivity index (χ3v) is 5.46. The van der Waals surface area contributed by atoms with Gasteiger partial charge in [-0.2, -0.15) is 0 Å². The normalized spacial score (nSPS) is 16.7. The SMILES string of the molecule is COc1cccc(Oc2ccncc2C2COCC(=O)N2Cc2csc(C)n2)c1. The summed E-state index contributed by atoms with van der Waals surface area (Å²) in [5.41, 5.74) is 1.65. The zero-order chi connectivity index (χ0) is 20.2. The Morgan fingerprint density at radius 2 is 2.17 bits per heavy atom. The van der Waals surface area contributed by atoms with E-state index in [2.05, 4.69) is 9.97 Å².